The van der Waals surface area contributed by atoms with E-state index in [2.05, 4.69) is 25.7 Å². The molecule has 116 valence electrons. The van der Waals surface area contributed by atoms with E-state index in [1.54, 1.807) is 0 Å². The molecule has 1 atom stereocenters. The van der Waals surface area contributed by atoms with Crippen LogP contribution in [0.15, 0.2) is 0 Å². The van der Waals surface area contributed by atoms with Crippen LogP contribution < -0.4 is 5.73 Å². The highest BCUT2D eigenvalue weighted by Gasteiger charge is 2.39. The van der Waals surface area contributed by atoms with Crippen molar-refractivity contribution >= 4 is 5.91 Å². The largest absolute Gasteiger partial charge is 0.342 e. The number of hydrogen-bond acceptors (Lipinski definition) is 2. The third kappa shape index (κ3) is 3.75. The third-order valence-corrected chi connectivity index (χ3v) is 5.29. The fraction of sp³-hybridized carbons (Fsp3) is 0.941. The molecule has 1 aliphatic carbocycles. The minimum Gasteiger partial charge on any atom is -0.342 e. The maximum atomic E-state index is 12.7. The summed E-state index contributed by atoms with van der Waals surface area (Å²) in [5.41, 5.74) is 6.61. The molecule has 1 spiro atoms. The lowest BCUT2D eigenvalue weighted by Crippen LogP contribution is -2.46. The molecule has 0 bridgehead atoms. The summed E-state index contributed by atoms with van der Waals surface area (Å²) in [5, 5.41) is 0. The van der Waals surface area contributed by atoms with Gasteiger partial charge in [-0.05, 0) is 42.9 Å². The maximum absolute atomic E-state index is 12.7. The van der Waals surface area contributed by atoms with Crippen molar-refractivity contribution in [3.05, 3.63) is 0 Å². The Morgan fingerprint density at radius 2 is 1.70 bits per heavy atom. The number of carbonyl (C=O) groups excluding carboxylic acids is 1. The second-order valence-corrected chi connectivity index (χ2v) is 8.23. The number of piperidine rings is 1. The Labute approximate surface area is 124 Å². The van der Waals surface area contributed by atoms with Crippen LogP contribution in [0.1, 0.15) is 65.7 Å². The summed E-state index contributed by atoms with van der Waals surface area (Å²) < 4.78 is 0. The minimum absolute atomic E-state index is 0.00706. The average Bonchev–Trinajstić information content (AvgIpc) is 2.83. The quantitative estimate of drug-likeness (QED) is 0.863. The Morgan fingerprint density at radius 1 is 1.15 bits per heavy atom. The van der Waals surface area contributed by atoms with E-state index in [9.17, 15) is 4.79 Å². The second-order valence-electron chi connectivity index (χ2n) is 8.23. The predicted molar refractivity (Wildman–Crippen MR) is 83.3 cm³/mol. The fourth-order valence-electron chi connectivity index (χ4n) is 4.10. The molecule has 1 heterocycles. The van der Waals surface area contributed by atoms with Gasteiger partial charge in [0.25, 0.3) is 0 Å². The summed E-state index contributed by atoms with van der Waals surface area (Å²) in [6.45, 7) is 8.96. The van der Waals surface area contributed by atoms with Crippen LogP contribution in [0.3, 0.4) is 0 Å². The van der Waals surface area contributed by atoms with Gasteiger partial charge in [0.05, 0.1) is 5.92 Å². The molecule has 0 aromatic carbocycles. The monoisotopic (exact) mass is 280 g/mol. The van der Waals surface area contributed by atoms with Crippen molar-refractivity contribution in [1.82, 2.24) is 4.90 Å². The molecule has 3 heteroatoms. The van der Waals surface area contributed by atoms with Gasteiger partial charge in [0, 0.05) is 19.6 Å². The molecule has 2 N–H and O–H groups in total. The van der Waals surface area contributed by atoms with Crippen molar-refractivity contribution in [1.29, 1.82) is 0 Å². The molecule has 0 aromatic rings. The molecule has 1 amide bonds. The Bertz CT molecular complexity index is 329. The van der Waals surface area contributed by atoms with Gasteiger partial charge in [-0.2, -0.15) is 0 Å². The van der Waals surface area contributed by atoms with Crippen molar-refractivity contribution in [3.63, 3.8) is 0 Å². The third-order valence-electron chi connectivity index (χ3n) is 5.29. The number of rotatable bonds is 3. The van der Waals surface area contributed by atoms with E-state index in [0.717, 1.165) is 19.5 Å². The van der Waals surface area contributed by atoms with E-state index in [0.29, 0.717) is 17.9 Å². The van der Waals surface area contributed by atoms with Gasteiger partial charge in [0.1, 0.15) is 0 Å². The van der Waals surface area contributed by atoms with Crippen LogP contribution in [0.25, 0.3) is 0 Å². The molecule has 1 saturated heterocycles. The van der Waals surface area contributed by atoms with Crippen molar-refractivity contribution in [2.45, 2.75) is 65.7 Å². The summed E-state index contributed by atoms with van der Waals surface area (Å²) in [7, 11) is 0. The van der Waals surface area contributed by atoms with Crippen molar-refractivity contribution < 1.29 is 4.79 Å². The Morgan fingerprint density at radius 3 is 2.15 bits per heavy atom. The van der Waals surface area contributed by atoms with Gasteiger partial charge in [0.15, 0.2) is 0 Å². The van der Waals surface area contributed by atoms with E-state index in [1.165, 1.54) is 38.5 Å². The zero-order chi connectivity index (χ0) is 14.8. The van der Waals surface area contributed by atoms with Crippen LogP contribution in [0.4, 0.5) is 0 Å². The molecule has 0 aromatic heterocycles. The molecular formula is C17H32N2O. The summed E-state index contributed by atoms with van der Waals surface area (Å²) in [5.74, 6) is 0.308. The van der Waals surface area contributed by atoms with E-state index < -0.39 is 0 Å². The van der Waals surface area contributed by atoms with Crippen LogP contribution in [-0.2, 0) is 4.79 Å². The number of nitrogens with zero attached hydrogens (tertiary/aromatic N) is 1. The topological polar surface area (TPSA) is 46.3 Å². The van der Waals surface area contributed by atoms with E-state index in [4.69, 9.17) is 5.73 Å². The smallest absolute Gasteiger partial charge is 0.226 e. The van der Waals surface area contributed by atoms with E-state index in [-0.39, 0.29) is 11.3 Å². The van der Waals surface area contributed by atoms with Gasteiger partial charge in [0.2, 0.25) is 5.91 Å². The Hall–Kier alpha value is -0.570. The summed E-state index contributed by atoms with van der Waals surface area (Å²) in [4.78, 5) is 14.7. The van der Waals surface area contributed by atoms with Gasteiger partial charge in [-0.1, -0.05) is 33.6 Å². The van der Waals surface area contributed by atoms with Crippen LogP contribution in [0, 0.1) is 16.7 Å². The maximum Gasteiger partial charge on any atom is 0.226 e. The minimum atomic E-state index is 0.00706. The fourth-order valence-corrected chi connectivity index (χ4v) is 4.10. The van der Waals surface area contributed by atoms with Gasteiger partial charge in [-0.15, -0.1) is 0 Å². The van der Waals surface area contributed by atoms with Crippen molar-refractivity contribution in [2.75, 3.05) is 19.6 Å². The highest BCUT2D eigenvalue weighted by atomic mass is 16.2. The van der Waals surface area contributed by atoms with Gasteiger partial charge in [-0.3, -0.25) is 4.79 Å². The second kappa shape index (κ2) is 6.05. The van der Waals surface area contributed by atoms with Gasteiger partial charge >= 0.3 is 0 Å². The standard InChI is InChI=1S/C17H32N2O/c1-16(2,3)12-14(13-18)15(20)19-10-8-17(9-11-19)6-4-5-7-17/h14H,4-13,18H2,1-3H3. The normalized spacial score (nSPS) is 24.1. The number of hydrogen-bond donors (Lipinski definition) is 1. The molecule has 2 rings (SSSR count). The molecule has 1 unspecified atom stereocenters. The molecule has 20 heavy (non-hydrogen) atoms. The van der Waals surface area contributed by atoms with Crippen LogP contribution in [0.2, 0.25) is 0 Å². The number of likely N-dealkylation sites (tertiary alicyclic amines) is 1. The molecule has 1 saturated carbocycles. The SMILES string of the molecule is CC(C)(C)CC(CN)C(=O)N1CCC2(CCCC2)CC1. The van der Waals surface area contributed by atoms with Crippen LogP contribution in [-0.4, -0.2) is 30.4 Å². The van der Waals surface area contributed by atoms with Gasteiger partial charge in [-0.25, -0.2) is 0 Å². The molecule has 3 nitrogen and oxygen atoms in total. The molecule has 2 fully saturated rings. The Balaban J connectivity index is 1.90. The first-order chi connectivity index (χ1) is 9.35. The zero-order valence-electron chi connectivity index (χ0n) is 13.6. The molecule has 0 radical (unpaired) electrons. The predicted octanol–water partition coefficient (Wildman–Crippen LogP) is 3.18. The lowest BCUT2D eigenvalue weighted by Gasteiger charge is -2.41. The zero-order valence-corrected chi connectivity index (χ0v) is 13.6. The summed E-state index contributed by atoms with van der Waals surface area (Å²) in [6.07, 6.45) is 8.88. The average molecular weight is 280 g/mol. The number of carbonyl (C=O) groups is 1. The van der Waals surface area contributed by atoms with Crippen molar-refractivity contribution in [3.8, 4) is 0 Å². The van der Waals surface area contributed by atoms with E-state index >= 15 is 0 Å². The van der Waals surface area contributed by atoms with E-state index in [1.807, 2.05) is 0 Å². The molecule has 2 aliphatic rings. The number of nitrogens with two attached hydrogens (primary N) is 1. The summed E-state index contributed by atoms with van der Waals surface area (Å²) >= 11 is 0. The first-order valence-electron chi connectivity index (χ1n) is 8.34. The van der Waals surface area contributed by atoms with Crippen molar-refractivity contribution in [2.24, 2.45) is 22.5 Å². The lowest BCUT2D eigenvalue weighted by atomic mass is 9.76. The highest BCUT2D eigenvalue weighted by molar-refractivity contribution is 5.79. The molecular weight excluding hydrogens is 248 g/mol. The van der Waals surface area contributed by atoms with Gasteiger partial charge < -0.3 is 10.6 Å². The number of amides is 1. The highest BCUT2D eigenvalue weighted by Crippen LogP contribution is 2.46. The van der Waals surface area contributed by atoms with Crippen LogP contribution >= 0.6 is 0 Å². The first-order valence-corrected chi connectivity index (χ1v) is 8.34. The van der Waals surface area contributed by atoms with Crippen LogP contribution in [0.5, 0.6) is 0 Å². The molecule has 1 aliphatic heterocycles. The Kier molecular flexibility index (Phi) is 4.78. The summed E-state index contributed by atoms with van der Waals surface area (Å²) in [6, 6.07) is 0. The lowest BCUT2D eigenvalue weighted by molar-refractivity contribution is -0.138. The first kappa shape index (κ1) is 15.8.